The second-order valence-corrected chi connectivity index (χ2v) is 7.05. The van der Waals surface area contributed by atoms with E-state index in [-0.39, 0.29) is 11.5 Å². The molecule has 2 N–H and O–H groups in total. The molecule has 0 fully saturated rings. The quantitative estimate of drug-likeness (QED) is 0.905. The summed E-state index contributed by atoms with van der Waals surface area (Å²) >= 11 is 1.27. The Morgan fingerprint density at radius 3 is 2.68 bits per heavy atom. The van der Waals surface area contributed by atoms with Crippen molar-refractivity contribution in [1.29, 1.82) is 0 Å². The minimum Gasteiger partial charge on any atom is -0.392 e. The lowest BCUT2D eigenvalue weighted by atomic mass is 10.1. The van der Waals surface area contributed by atoms with Crippen LogP contribution in [0.3, 0.4) is 0 Å². The Labute approximate surface area is 116 Å². The number of anilines is 1. The van der Waals surface area contributed by atoms with Crippen molar-refractivity contribution >= 4 is 26.5 Å². The Balaban J connectivity index is 2.34. The van der Waals surface area contributed by atoms with E-state index in [4.69, 9.17) is 0 Å². The lowest BCUT2D eigenvalue weighted by Crippen LogP contribution is -2.13. The molecule has 0 radical (unpaired) electrons. The normalized spacial score (nSPS) is 11.5. The number of hydrogen-bond acceptors (Lipinski definition) is 5. The highest BCUT2D eigenvalue weighted by Gasteiger charge is 2.16. The van der Waals surface area contributed by atoms with Gasteiger partial charge in [0.15, 0.2) is 5.13 Å². The first-order valence-electron chi connectivity index (χ1n) is 5.58. The molecule has 2 aromatic rings. The molecule has 0 aliphatic heterocycles. The van der Waals surface area contributed by atoms with Crippen LogP contribution in [-0.4, -0.2) is 18.5 Å². The molecule has 0 amide bonds. The van der Waals surface area contributed by atoms with Gasteiger partial charge in [-0.15, -0.1) is 11.3 Å². The zero-order chi connectivity index (χ0) is 14.0. The molecule has 1 heterocycles. The third-order valence-electron chi connectivity index (χ3n) is 2.64. The Morgan fingerprint density at radius 1 is 1.37 bits per heavy atom. The number of thiazole rings is 1. The van der Waals surface area contributed by atoms with Crippen LogP contribution in [0.4, 0.5) is 5.13 Å². The Bertz CT molecular complexity index is 693. The standard InChI is InChI=1S/C12H14N2O3S2/c1-8-3-4-11(5-10(8)7-15)19(16,17)14-12-13-6-9(2)18-12/h3-6,15H,7H2,1-2H3,(H,13,14). The first kappa shape index (κ1) is 14.0. The van der Waals surface area contributed by atoms with Crippen molar-refractivity contribution in [3.63, 3.8) is 0 Å². The smallest absolute Gasteiger partial charge is 0.263 e. The van der Waals surface area contributed by atoms with Gasteiger partial charge in [0.25, 0.3) is 10.0 Å². The Hall–Kier alpha value is -1.44. The van der Waals surface area contributed by atoms with Gasteiger partial charge in [-0.1, -0.05) is 6.07 Å². The van der Waals surface area contributed by atoms with Crippen LogP contribution in [0.1, 0.15) is 16.0 Å². The van der Waals surface area contributed by atoms with Crippen molar-refractivity contribution in [3.8, 4) is 0 Å². The topological polar surface area (TPSA) is 79.3 Å². The number of benzene rings is 1. The zero-order valence-corrected chi connectivity index (χ0v) is 12.2. The fourth-order valence-electron chi connectivity index (χ4n) is 1.56. The Morgan fingerprint density at radius 2 is 2.11 bits per heavy atom. The van der Waals surface area contributed by atoms with E-state index in [9.17, 15) is 13.5 Å². The van der Waals surface area contributed by atoms with Crippen molar-refractivity contribution < 1.29 is 13.5 Å². The molecule has 0 aliphatic carbocycles. The van der Waals surface area contributed by atoms with Gasteiger partial charge in [-0.25, -0.2) is 13.4 Å². The lowest BCUT2D eigenvalue weighted by molar-refractivity contribution is 0.281. The van der Waals surface area contributed by atoms with Gasteiger partial charge in [0.1, 0.15) is 0 Å². The van der Waals surface area contributed by atoms with Crippen LogP contribution in [0.25, 0.3) is 0 Å². The van der Waals surface area contributed by atoms with E-state index in [1.165, 1.54) is 23.5 Å². The molecule has 1 aromatic heterocycles. The first-order valence-corrected chi connectivity index (χ1v) is 7.88. The average Bonchev–Trinajstić information content (AvgIpc) is 2.74. The molecule has 7 heteroatoms. The summed E-state index contributed by atoms with van der Waals surface area (Å²) in [6.45, 7) is 3.48. The minimum atomic E-state index is -3.66. The molecule has 0 saturated carbocycles. The van der Waals surface area contributed by atoms with E-state index in [1.807, 2.05) is 13.8 Å². The van der Waals surface area contributed by atoms with Crippen LogP contribution >= 0.6 is 11.3 Å². The molecule has 0 unspecified atom stereocenters. The van der Waals surface area contributed by atoms with Crippen LogP contribution in [0.5, 0.6) is 0 Å². The molecule has 5 nitrogen and oxygen atoms in total. The second kappa shape index (κ2) is 5.28. The monoisotopic (exact) mass is 298 g/mol. The van der Waals surface area contributed by atoms with E-state index < -0.39 is 10.0 Å². The van der Waals surface area contributed by atoms with Gasteiger partial charge in [0, 0.05) is 11.1 Å². The summed E-state index contributed by atoms with van der Waals surface area (Å²) in [5, 5.41) is 9.51. The summed E-state index contributed by atoms with van der Waals surface area (Å²) in [5.41, 5.74) is 1.45. The highest BCUT2D eigenvalue weighted by molar-refractivity contribution is 7.93. The minimum absolute atomic E-state index is 0.120. The summed E-state index contributed by atoms with van der Waals surface area (Å²) in [5.74, 6) is 0. The number of aliphatic hydroxyl groups excluding tert-OH is 1. The predicted octanol–water partition coefficient (Wildman–Crippen LogP) is 2.05. The summed E-state index contributed by atoms with van der Waals surface area (Å²) in [6, 6.07) is 4.66. The van der Waals surface area contributed by atoms with Crippen molar-refractivity contribution in [1.82, 2.24) is 4.98 Å². The average molecular weight is 298 g/mol. The fourth-order valence-corrected chi connectivity index (χ4v) is 3.52. The molecule has 102 valence electrons. The number of rotatable bonds is 4. The van der Waals surface area contributed by atoms with Gasteiger partial charge in [0.05, 0.1) is 11.5 Å². The van der Waals surface area contributed by atoms with E-state index in [1.54, 1.807) is 12.3 Å². The molecular formula is C12H14N2O3S2. The van der Waals surface area contributed by atoms with E-state index in [0.29, 0.717) is 10.7 Å². The molecular weight excluding hydrogens is 284 g/mol. The molecule has 2 rings (SSSR count). The Kier molecular flexibility index (Phi) is 3.88. The van der Waals surface area contributed by atoms with Gasteiger partial charge in [-0.3, -0.25) is 4.72 Å². The van der Waals surface area contributed by atoms with Gasteiger partial charge >= 0.3 is 0 Å². The van der Waals surface area contributed by atoms with Gasteiger partial charge in [0.2, 0.25) is 0 Å². The summed E-state index contributed by atoms with van der Waals surface area (Å²) < 4.78 is 26.8. The maximum Gasteiger partial charge on any atom is 0.263 e. The van der Waals surface area contributed by atoms with Gasteiger partial charge in [-0.05, 0) is 37.1 Å². The zero-order valence-electron chi connectivity index (χ0n) is 10.5. The number of sulfonamides is 1. The first-order chi connectivity index (χ1) is 8.92. The van der Waals surface area contributed by atoms with Crippen molar-refractivity contribution in [2.75, 3.05) is 4.72 Å². The molecule has 0 bridgehead atoms. The van der Waals surface area contributed by atoms with Crippen molar-refractivity contribution in [3.05, 3.63) is 40.4 Å². The SMILES string of the molecule is Cc1cnc(NS(=O)(=O)c2ccc(C)c(CO)c2)s1. The second-order valence-electron chi connectivity index (χ2n) is 4.13. The molecule has 19 heavy (non-hydrogen) atoms. The summed E-state index contributed by atoms with van der Waals surface area (Å²) in [4.78, 5) is 5.01. The maximum atomic E-state index is 12.2. The number of nitrogens with zero attached hydrogens (tertiary/aromatic N) is 1. The lowest BCUT2D eigenvalue weighted by Gasteiger charge is -2.08. The number of nitrogens with one attached hydrogen (secondary N) is 1. The number of aliphatic hydroxyl groups is 1. The van der Waals surface area contributed by atoms with E-state index in [2.05, 4.69) is 9.71 Å². The van der Waals surface area contributed by atoms with Crippen LogP contribution in [0.2, 0.25) is 0 Å². The summed E-state index contributed by atoms with van der Waals surface area (Å²) in [6.07, 6.45) is 1.61. The molecule has 0 spiro atoms. The third kappa shape index (κ3) is 3.12. The molecule has 1 aromatic carbocycles. The largest absolute Gasteiger partial charge is 0.392 e. The van der Waals surface area contributed by atoms with Crippen LogP contribution in [-0.2, 0) is 16.6 Å². The van der Waals surface area contributed by atoms with Crippen LogP contribution in [0.15, 0.2) is 29.3 Å². The molecule has 0 atom stereocenters. The molecule has 0 saturated heterocycles. The van der Waals surface area contributed by atoms with Gasteiger partial charge in [-0.2, -0.15) is 0 Å². The number of hydrogen-bond donors (Lipinski definition) is 2. The maximum absolute atomic E-state index is 12.2. The van der Waals surface area contributed by atoms with Crippen LogP contribution < -0.4 is 4.72 Å². The highest BCUT2D eigenvalue weighted by atomic mass is 32.2. The third-order valence-corrected chi connectivity index (χ3v) is 4.94. The highest BCUT2D eigenvalue weighted by Crippen LogP contribution is 2.22. The van der Waals surface area contributed by atoms with E-state index >= 15 is 0 Å². The fraction of sp³-hybridized carbons (Fsp3) is 0.250. The predicted molar refractivity (Wildman–Crippen MR) is 74.8 cm³/mol. The number of aromatic nitrogens is 1. The molecule has 0 aliphatic rings. The van der Waals surface area contributed by atoms with Gasteiger partial charge < -0.3 is 5.11 Å². The van der Waals surface area contributed by atoms with Crippen molar-refractivity contribution in [2.45, 2.75) is 25.3 Å². The van der Waals surface area contributed by atoms with Crippen LogP contribution in [0, 0.1) is 13.8 Å². The van der Waals surface area contributed by atoms with E-state index in [0.717, 1.165) is 10.4 Å². The summed E-state index contributed by atoms with van der Waals surface area (Å²) in [7, 11) is -3.66. The number of aryl methyl sites for hydroxylation is 2. The van der Waals surface area contributed by atoms with Crippen molar-refractivity contribution in [2.24, 2.45) is 0 Å².